The van der Waals surface area contributed by atoms with Gasteiger partial charge in [0, 0.05) is 44.4 Å². The molecule has 0 N–H and O–H groups in total. The minimum Gasteiger partial charge on any atom is -0.468 e. The number of nitrogens with zero attached hydrogens (tertiary/aromatic N) is 3. The quantitative estimate of drug-likeness (QED) is 0.796. The molecule has 134 valence electrons. The summed E-state index contributed by atoms with van der Waals surface area (Å²) in [5.41, 5.74) is 4.14. The highest BCUT2D eigenvalue weighted by Crippen LogP contribution is 2.26. The number of hydrogen-bond donors (Lipinski definition) is 0. The largest absolute Gasteiger partial charge is 0.468 e. The fourth-order valence-corrected chi connectivity index (χ4v) is 3.83. The van der Waals surface area contributed by atoms with Gasteiger partial charge in [0.15, 0.2) is 0 Å². The van der Waals surface area contributed by atoms with Crippen LogP contribution in [0.3, 0.4) is 0 Å². The van der Waals surface area contributed by atoms with Crippen LogP contribution in [0.5, 0.6) is 0 Å². The van der Waals surface area contributed by atoms with Gasteiger partial charge < -0.3 is 9.32 Å². The summed E-state index contributed by atoms with van der Waals surface area (Å²) in [7, 11) is 2.20. The molecule has 0 bridgehead atoms. The van der Waals surface area contributed by atoms with Crippen LogP contribution in [0.25, 0.3) is 0 Å². The second-order valence-corrected chi connectivity index (χ2v) is 7.08. The lowest BCUT2D eigenvalue weighted by Crippen LogP contribution is -2.47. The molecule has 0 fully saturated rings. The van der Waals surface area contributed by atoms with Crippen LogP contribution in [-0.2, 0) is 6.54 Å². The molecule has 0 atom stereocenters. The van der Waals surface area contributed by atoms with Crippen molar-refractivity contribution in [2.45, 2.75) is 13.0 Å². The first-order valence-corrected chi connectivity index (χ1v) is 9.21. The second kappa shape index (κ2) is 7.82. The Bertz CT molecular complexity index is 814. The van der Waals surface area contributed by atoms with Gasteiger partial charge in [-0.1, -0.05) is 30.0 Å². The van der Waals surface area contributed by atoms with Crippen LogP contribution in [0.1, 0.15) is 17.7 Å². The summed E-state index contributed by atoms with van der Waals surface area (Å²) in [4.78, 5) is 7.30. The van der Waals surface area contributed by atoms with Crippen molar-refractivity contribution in [2.24, 2.45) is 0 Å². The number of benzene rings is 1. The van der Waals surface area contributed by atoms with E-state index < -0.39 is 0 Å². The third-order valence-corrected chi connectivity index (χ3v) is 5.04. The van der Waals surface area contributed by atoms with E-state index in [1.165, 1.54) is 11.3 Å². The molecule has 0 saturated heterocycles. The molecule has 4 heteroatoms. The smallest absolute Gasteiger partial charge is 0.117 e. The summed E-state index contributed by atoms with van der Waals surface area (Å²) in [5, 5.41) is 0. The topological polar surface area (TPSA) is 22.9 Å². The van der Waals surface area contributed by atoms with Gasteiger partial charge in [0.2, 0.25) is 0 Å². The maximum atomic E-state index is 5.52. The van der Waals surface area contributed by atoms with Gasteiger partial charge in [-0.2, -0.15) is 0 Å². The number of hydrogen-bond acceptors (Lipinski definition) is 4. The Morgan fingerprint density at radius 2 is 1.88 bits per heavy atom. The Hall–Kier alpha value is -2.48. The van der Waals surface area contributed by atoms with Gasteiger partial charge in [0.1, 0.15) is 5.76 Å². The normalized spacial score (nSPS) is 18.4. The zero-order valence-corrected chi connectivity index (χ0v) is 15.3. The summed E-state index contributed by atoms with van der Waals surface area (Å²) in [6.07, 6.45) is 2.87. The standard InChI is InChI=1S/C22H25N3O/c1-23-18-25(17-21-10-6-14-26-21)16-20-15-24(13-11-22(20)23)12-5-9-19-7-3-2-4-8-19/h2-4,6-8,10,14H,11-13,15-18H2,1H3. The number of rotatable bonds is 3. The Morgan fingerprint density at radius 1 is 1.04 bits per heavy atom. The molecular formula is C22H25N3O. The van der Waals surface area contributed by atoms with Crippen LogP contribution in [0.2, 0.25) is 0 Å². The third-order valence-electron chi connectivity index (χ3n) is 5.04. The molecule has 0 aliphatic carbocycles. The van der Waals surface area contributed by atoms with E-state index >= 15 is 0 Å². The van der Waals surface area contributed by atoms with Gasteiger partial charge in [-0.15, -0.1) is 0 Å². The lowest BCUT2D eigenvalue weighted by Gasteiger charge is -2.42. The van der Waals surface area contributed by atoms with E-state index in [2.05, 4.69) is 51.8 Å². The van der Waals surface area contributed by atoms with Crippen LogP contribution >= 0.6 is 0 Å². The van der Waals surface area contributed by atoms with Gasteiger partial charge in [0.05, 0.1) is 26.0 Å². The average molecular weight is 347 g/mol. The van der Waals surface area contributed by atoms with Crippen LogP contribution in [0.4, 0.5) is 0 Å². The van der Waals surface area contributed by atoms with Crippen molar-refractivity contribution in [3.63, 3.8) is 0 Å². The Kier molecular flexibility index (Phi) is 5.10. The first-order valence-electron chi connectivity index (χ1n) is 9.21. The molecule has 3 heterocycles. The highest BCUT2D eigenvalue weighted by atomic mass is 16.3. The van der Waals surface area contributed by atoms with Crippen molar-refractivity contribution >= 4 is 0 Å². The Morgan fingerprint density at radius 3 is 2.69 bits per heavy atom. The molecular weight excluding hydrogens is 322 g/mol. The van der Waals surface area contributed by atoms with Gasteiger partial charge in [-0.05, 0) is 29.8 Å². The minimum absolute atomic E-state index is 0.827. The highest BCUT2D eigenvalue weighted by Gasteiger charge is 2.27. The van der Waals surface area contributed by atoms with E-state index in [1.807, 2.05) is 24.3 Å². The molecule has 1 aromatic heterocycles. The monoisotopic (exact) mass is 347 g/mol. The SMILES string of the molecule is CN1CN(Cc2ccco2)CC2=C1CCN(CC#Cc1ccccc1)C2. The van der Waals surface area contributed by atoms with Crippen molar-refractivity contribution in [2.75, 3.05) is 39.9 Å². The Balaban J connectivity index is 1.38. The van der Waals surface area contributed by atoms with Crippen LogP contribution in [0.15, 0.2) is 64.4 Å². The zero-order valence-electron chi connectivity index (χ0n) is 15.3. The average Bonchev–Trinajstić information content (AvgIpc) is 3.15. The molecule has 0 unspecified atom stereocenters. The van der Waals surface area contributed by atoms with E-state index in [9.17, 15) is 0 Å². The predicted molar refractivity (Wildman–Crippen MR) is 103 cm³/mol. The molecule has 26 heavy (non-hydrogen) atoms. The first kappa shape index (κ1) is 17.0. The summed E-state index contributed by atoms with van der Waals surface area (Å²) >= 11 is 0. The zero-order chi connectivity index (χ0) is 17.8. The van der Waals surface area contributed by atoms with E-state index in [-0.39, 0.29) is 0 Å². The molecule has 2 aliphatic rings. The fraction of sp³-hybridized carbons (Fsp3) is 0.364. The van der Waals surface area contributed by atoms with Crippen molar-refractivity contribution in [3.05, 3.63) is 71.3 Å². The molecule has 2 aliphatic heterocycles. The van der Waals surface area contributed by atoms with E-state index in [1.54, 1.807) is 6.26 Å². The molecule has 1 aromatic carbocycles. The van der Waals surface area contributed by atoms with Gasteiger partial charge in [-0.25, -0.2) is 0 Å². The summed E-state index contributed by atoms with van der Waals surface area (Å²) in [5.74, 6) is 7.64. The van der Waals surface area contributed by atoms with Crippen LogP contribution in [-0.4, -0.2) is 54.6 Å². The second-order valence-electron chi connectivity index (χ2n) is 7.08. The maximum Gasteiger partial charge on any atom is 0.117 e. The predicted octanol–water partition coefficient (Wildman–Crippen LogP) is 3.00. The van der Waals surface area contributed by atoms with Crippen molar-refractivity contribution in [1.82, 2.24) is 14.7 Å². The lowest BCUT2D eigenvalue weighted by molar-refractivity contribution is 0.130. The van der Waals surface area contributed by atoms with Crippen molar-refractivity contribution in [1.29, 1.82) is 0 Å². The van der Waals surface area contributed by atoms with Gasteiger partial charge in [-0.3, -0.25) is 9.80 Å². The number of furan rings is 1. The van der Waals surface area contributed by atoms with Crippen molar-refractivity contribution in [3.8, 4) is 11.8 Å². The third kappa shape index (κ3) is 4.01. The lowest BCUT2D eigenvalue weighted by atomic mass is 10.0. The van der Waals surface area contributed by atoms with E-state index in [4.69, 9.17) is 4.42 Å². The van der Waals surface area contributed by atoms with Gasteiger partial charge in [0.25, 0.3) is 0 Å². The minimum atomic E-state index is 0.827. The summed E-state index contributed by atoms with van der Waals surface area (Å²) in [6.45, 7) is 5.77. The molecule has 4 rings (SSSR count). The van der Waals surface area contributed by atoms with Crippen LogP contribution < -0.4 is 0 Å². The summed E-state index contributed by atoms with van der Waals surface area (Å²) < 4.78 is 5.52. The van der Waals surface area contributed by atoms with E-state index in [0.29, 0.717) is 0 Å². The summed E-state index contributed by atoms with van der Waals surface area (Å²) in [6, 6.07) is 14.2. The van der Waals surface area contributed by atoms with Crippen LogP contribution in [0, 0.1) is 11.8 Å². The Labute approximate surface area is 155 Å². The fourth-order valence-electron chi connectivity index (χ4n) is 3.83. The maximum absolute atomic E-state index is 5.52. The molecule has 2 aromatic rings. The molecule has 0 saturated carbocycles. The van der Waals surface area contributed by atoms with Crippen molar-refractivity contribution < 1.29 is 4.42 Å². The molecule has 0 spiro atoms. The van der Waals surface area contributed by atoms with E-state index in [0.717, 1.165) is 57.1 Å². The molecule has 0 radical (unpaired) electrons. The van der Waals surface area contributed by atoms with Gasteiger partial charge >= 0.3 is 0 Å². The highest BCUT2D eigenvalue weighted by molar-refractivity contribution is 5.34. The first-order chi connectivity index (χ1) is 12.8. The molecule has 0 amide bonds. The molecule has 4 nitrogen and oxygen atoms in total.